The topological polar surface area (TPSA) is 59.1 Å². The van der Waals surface area contributed by atoms with Gasteiger partial charge in [0.2, 0.25) is 0 Å². The molecule has 0 bridgehead atoms. The summed E-state index contributed by atoms with van der Waals surface area (Å²) in [5.74, 6) is 0.636. The third-order valence-electron chi connectivity index (χ3n) is 2.85. The largest absolute Gasteiger partial charge is 0.467 e. The predicted octanol–water partition coefficient (Wildman–Crippen LogP) is 1.69. The van der Waals surface area contributed by atoms with Gasteiger partial charge < -0.3 is 15.4 Å². The lowest BCUT2D eigenvalue weighted by Crippen LogP contribution is -2.24. The van der Waals surface area contributed by atoms with E-state index in [0.29, 0.717) is 22.9 Å². The maximum Gasteiger partial charge on any atom is 0.318 e. The van der Waals surface area contributed by atoms with Crippen LogP contribution in [0.25, 0.3) is 0 Å². The van der Waals surface area contributed by atoms with E-state index in [-0.39, 0.29) is 0 Å². The van der Waals surface area contributed by atoms with E-state index in [0.717, 1.165) is 19.5 Å². The van der Waals surface area contributed by atoms with E-state index in [1.165, 1.54) is 20.0 Å². The smallest absolute Gasteiger partial charge is 0.318 e. The minimum atomic E-state index is 0.330. The summed E-state index contributed by atoms with van der Waals surface area (Å²) in [5.41, 5.74) is 0. The number of nitrogens with one attached hydrogen (secondary N) is 2. The number of ether oxygens (including phenoxy) is 1. The third kappa shape index (κ3) is 3.44. The van der Waals surface area contributed by atoms with Crippen molar-refractivity contribution in [3.05, 3.63) is 11.2 Å². The van der Waals surface area contributed by atoms with Gasteiger partial charge in [-0.1, -0.05) is 11.6 Å². The molecule has 0 radical (unpaired) electrons. The Bertz CT molecular complexity index is 368. The highest BCUT2D eigenvalue weighted by Crippen LogP contribution is 2.20. The molecule has 1 aromatic heterocycles. The Morgan fingerprint density at radius 3 is 3.24 bits per heavy atom. The highest BCUT2D eigenvalue weighted by Gasteiger charge is 2.13. The molecule has 0 unspecified atom stereocenters. The van der Waals surface area contributed by atoms with Gasteiger partial charge in [0.1, 0.15) is 5.02 Å². The van der Waals surface area contributed by atoms with Gasteiger partial charge >= 0.3 is 6.01 Å². The fourth-order valence-electron chi connectivity index (χ4n) is 1.94. The summed E-state index contributed by atoms with van der Waals surface area (Å²) in [6, 6.07) is 0.945. The van der Waals surface area contributed by atoms with Gasteiger partial charge in [-0.3, -0.25) is 0 Å². The number of rotatable bonds is 5. The standard InChI is InChI=1S/C11H17ClN4O/c1-17-11-15-7-9(12)10(16-11)14-6-4-8-3-2-5-13-8/h7-8,13H,2-6H2,1H3,(H,14,15,16)/t8-/m1/s1. The summed E-state index contributed by atoms with van der Waals surface area (Å²) in [5, 5.41) is 7.18. The van der Waals surface area contributed by atoms with E-state index in [9.17, 15) is 0 Å². The molecule has 0 saturated carbocycles. The number of methoxy groups -OCH3 is 1. The number of aromatic nitrogens is 2. The second-order valence-electron chi connectivity index (χ2n) is 4.06. The first kappa shape index (κ1) is 12.4. The first-order valence-corrected chi connectivity index (χ1v) is 6.21. The van der Waals surface area contributed by atoms with E-state index in [1.54, 1.807) is 6.20 Å². The second kappa shape index (κ2) is 6.02. The minimum absolute atomic E-state index is 0.330. The zero-order valence-electron chi connectivity index (χ0n) is 9.87. The van der Waals surface area contributed by atoms with Crippen molar-refractivity contribution in [2.75, 3.05) is 25.5 Å². The lowest BCUT2D eigenvalue weighted by atomic mass is 10.1. The van der Waals surface area contributed by atoms with Gasteiger partial charge in [-0.05, 0) is 25.8 Å². The summed E-state index contributed by atoms with van der Waals surface area (Å²) in [4.78, 5) is 8.08. The SMILES string of the molecule is COc1ncc(Cl)c(NCC[C@H]2CCCN2)n1. The summed E-state index contributed by atoms with van der Waals surface area (Å²) >= 11 is 5.99. The van der Waals surface area contributed by atoms with Crippen molar-refractivity contribution in [2.45, 2.75) is 25.3 Å². The van der Waals surface area contributed by atoms with E-state index in [4.69, 9.17) is 16.3 Å². The van der Waals surface area contributed by atoms with E-state index < -0.39 is 0 Å². The molecule has 5 nitrogen and oxygen atoms in total. The van der Waals surface area contributed by atoms with Gasteiger partial charge in [-0.25, -0.2) is 4.98 Å². The van der Waals surface area contributed by atoms with Crippen LogP contribution < -0.4 is 15.4 Å². The zero-order chi connectivity index (χ0) is 12.1. The quantitative estimate of drug-likeness (QED) is 0.840. The maximum absolute atomic E-state index is 5.99. The van der Waals surface area contributed by atoms with Gasteiger partial charge in [0.25, 0.3) is 0 Å². The van der Waals surface area contributed by atoms with Gasteiger partial charge in [0.15, 0.2) is 5.82 Å². The first-order valence-electron chi connectivity index (χ1n) is 5.83. The normalized spacial score (nSPS) is 19.3. The van der Waals surface area contributed by atoms with Gasteiger partial charge in [-0.15, -0.1) is 0 Å². The van der Waals surface area contributed by atoms with Crippen LogP contribution >= 0.6 is 11.6 Å². The molecular formula is C11H17ClN4O. The molecule has 1 saturated heterocycles. The molecule has 0 aromatic carbocycles. The molecule has 1 aromatic rings. The average molecular weight is 257 g/mol. The molecule has 1 fully saturated rings. The minimum Gasteiger partial charge on any atom is -0.467 e. The Morgan fingerprint density at radius 1 is 1.65 bits per heavy atom. The molecule has 2 heterocycles. The molecule has 0 spiro atoms. The first-order chi connectivity index (χ1) is 8.29. The van der Waals surface area contributed by atoms with Crippen LogP contribution in [0, 0.1) is 0 Å². The van der Waals surface area contributed by atoms with E-state index in [2.05, 4.69) is 20.6 Å². The van der Waals surface area contributed by atoms with Crippen LogP contribution in [0.1, 0.15) is 19.3 Å². The van der Waals surface area contributed by atoms with Crippen LogP contribution in [-0.2, 0) is 0 Å². The van der Waals surface area contributed by atoms with Crippen molar-refractivity contribution in [3.63, 3.8) is 0 Å². The Morgan fingerprint density at radius 2 is 2.53 bits per heavy atom. The van der Waals surface area contributed by atoms with Crippen LogP contribution in [0.3, 0.4) is 0 Å². The third-order valence-corrected chi connectivity index (χ3v) is 3.13. The molecule has 2 N–H and O–H groups in total. The van der Waals surface area contributed by atoms with Crippen LogP contribution in [-0.4, -0.2) is 36.2 Å². The van der Waals surface area contributed by atoms with Gasteiger partial charge in [0, 0.05) is 12.6 Å². The number of anilines is 1. The monoisotopic (exact) mass is 256 g/mol. The van der Waals surface area contributed by atoms with Crippen molar-refractivity contribution in [3.8, 4) is 6.01 Å². The number of halogens is 1. The van der Waals surface area contributed by atoms with Crippen LogP contribution in [0.4, 0.5) is 5.82 Å². The van der Waals surface area contributed by atoms with Crippen LogP contribution in [0.2, 0.25) is 5.02 Å². The molecule has 17 heavy (non-hydrogen) atoms. The molecule has 1 aliphatic rings. The highest BCUT2D eigenvalue weighted by molar-refractivity contribution is 6.32. The Kier molecular flexibility index (Phi) is 4.39. The van der Waals surface area contributed by atoms with Gasteiger partial charge in [0.05, 0.1) is 13.3 Å². The summed E-state index contributed by atoms with van der Waals surface area (Å²) < 4.78 is 4.96. The van der Waals surface area contributed by atoms with Crippen LogP contribution in [0.15, 0.2) is 6.20 Å². The van der Waals surface area contributed by atoms with Crippen molar-refractivity contribution < 1.29 is 4.74 Å². The summed E-state index contributed by atoms with van der Waals surface area (Å²) in [6.45, 7) is 1.98. The average Bonchev–Trinajstić information content (AvgIpc) is 2.84. The highest BCUT2D eigenvalue weighted by atomic mass is 35.5. The molecule has 94 valence electrons. The van der Waals surface area contributed by atoms with E-state index >= 15 is 0 Å². The van der Waals surface area contributed by atoms with E-state index in [1.807, 2.05) is 0 Å². The summed E-state index contributed by atoms with van der Waals surface area (Å²) in [7, 11) is 1.54. The number of hydrogen-bond acceptors (Lipinski definition) is 5. The number of hydrogen-bond donors (Lipinski definition) is 2. The molecular weight excluding hydrogens is 240 g/mol. The molecule has 6 heteroatoms. The Balaban J connectivity index is 1.84. The molecule has 1 atom stereocenters. The Hall–Kier alpha value is -1.07. The fourth-order valence-corrected chi connectivity index (χ4v) is 2.10. The zero-order valence-corrected chi connectivity index (χ0v) is 10.6. The molecule has 1 aliphatic heterocycles. The number of nitrogens with zero attached hydrogens (tertiary/aromatic N) is 2. The van der Waals surface area contributed by atoms with Gasteiger partial charge in [-0.2, -0.15) is 4.98 Å². The lowest BCUT2D eigenvalue weighted by Gasteiger charge is -2.12. The molecule has 0 aliphatic carbocycles. The fraction of sp³-hybridized carbons (Fsp3) is 0.636. The predicted molar refractivity (Wildman–Crippen MR) is 67.7 cm³/mol. The van der Waals surface area contributed by atoms with Crippen molar-refractivity contribution >= 4 is 17.4 Å². The molecule has 2 rings (SSSR count). The van der Waals surface area contributed by atoms with Crippen molar-refractivity contribution in [2.24, 2.45) is 0 Å². The second-order valence-corrected chi connectivity index (χ2v) is 4.47. The van der Waals surface area contributed by atoms with Crippen molar-refractivity contribution in [1.29, 1.82) is 0 Å². The van der Waals surface area contributed by atoms with Crippen molar-refractivity contribution in [1.82, 2.24) is 15.3 Å². The molecule has 0 amide bonds. The summed E-state index contributed by atoms with van der Waals surface area (Å²) in [6.07, 6.45) is 5.14. The Labute approximate surface area is 106 Å². The maximum atomic E-state index is 5.99. The lowest BCUT2D eigenvalue weighted by molar-refractivity contribution is 0.380. The van der Waals surface area contributed by atoms with Crippen LogP contribution in [0.5, 0.6) is 6.01 Å².